The van der Waals surface area contributed by atoms with Crippen LogP contribution >= 0.6 is 22.6 Å². The van der Waals surface area contributed by atoms with Gasteiger partial charge >= 0.3 is 5.69 Å². The first-order valence-electron chi connectivity index (χ1n) is 6.26. The Hall–Kier alpha value is -1.90. The van der Waals surface area contributed by atoms with Crippen LogP contribution < -0.4 is 10.6 Å². The molecule has 5 nitrogen and oxygen atoms in total. The predicted octanol–water partition coefficient (Wildman–Crippen LogP) is 4.51. The molecular formula is C14H13FIN3O2. The normalized spacial score (nSPS) is 10.2. The largest absolute Gasteiger partial charge is 0.380 e. The summed E-state index contributed by atoms with van der Waals surface area (Å²) >= 11 is 1.98. The highest BCUT2D eigenvalue weighted by Gasteiger charge is 2.19. The highest BCUT2D eigenvalue weighted by molar-refractivity contribution is 14.1. The van der Waals surface area contributed by atoms with Crippen LogP contribution in [-0.4, -0.2) is 11.5 Å². The van der Waals surface area contributed by atoms with Gasteiger partial charge in [0.1, 0.15) is 17.2 Å². The molecule has 0 atom stereocenters. The number of nitrogens with zero attached hydrogens (tertiary/aromatic N) is 1. The van der Waals surface area contributed by atoms with Gasteiger partial charge in [-0.2, -0.15) is 0 Å². The van der Waals surface area contributed by atoms with Gasteiger partial charge in [0.25, 0.3) is 0 Å². The number of hydrogen-bond acceptors (Lipinski definition) is 4. The fourth-order valence-electron chi connectivity index (χ4n) is 1.91. The number of benzene rings is 2. The minimum absolute atomic E-state index is 0.0283. The molecule has 110 valence electrons. The maximum Gasteiger partial charge on any atom is 0.315 e. The number of hydrogen-bond donors (Lipinski definition) is 2. The lowest BCUT2D eigenvalue weighted by atomic mass is 10.2. The highest BCUT2D eigenvalue weighted by atomic mass is 127. The molecule has 2 rings (SSSR count). The number of halogens is 2. The minimum atomic E-state index is -0.434. The topological polar surface area (TPSA) is 67.2 Å². The first-order chi connectivity index (χ1) is 10.0. The van der Waals surface area contributed by atoms with E-state index in [0.29, 0.717) is 27.2 Å². The van der Waals surface area contributed by atoms with Crippen molar-refractivity contribution in [3.63, 3.8) is 0 Å². The molecule has 0 spiro atoms. The molecule has 0 fully saturated rings. The molecule has 0 saturated heterocycles. The number of nitro groups is 1. The fourth-order valence-corrected chi connectivity index (χ4v) is 2.52. The Balaban J connectivity index is 2.43. The van der Waals surface area contributed by atoms with E-state index in [1.807, 2.05) is 29.5 Å². The molecule has 0 heterocycles. The van der Waals surface area contributed by atoms with Crippen LogP contribution in [0.2, 0.25) is 0 Å². The van der Waals surface area contributed by atoms with Gasteiger partial charge in [0.05, 0.1) is 10.6 Å². The van der Waals surface area contributed by atoms with E-state index < -0.39 is 4.92 Å². The smallest absolute Gasteiger partial charge is 0.315 e. The Morgan fingerprint density at radius 2 is 1.95 bits per heavy atom. The molecule has 2 aromatic carbocycles. The molecule has 0 saturated carbocycles. The van der Waals surface area contributed by atoms with Crippen molar-refractivity contribution in [3.05, 3.63) is 55.9 Å². The van der Waals surface area contributed by atoms with Gasteiger partial charge in [-0.25, -0.2) is 4.39 Å². The number of para-hydroxylation sites is 1. The van der Waals surface area contributed by atoms with Gasteiger partial charge in [0.2, 0.25) is 0 Å². The molecule has 0 aliphatic heterocycles. The summed E-state index contributed by atoms with van der Waals surface area (Å²) in [6.07, 6.45) is 0. The van der Waals surface area contributed by atoms with Crippen LogP contribution in [0.4, 0.5) is 27.1 Å². The van der Waals surface area contributed by atoms with E-state index in [9.17, 15) is 14.5 Å². The number of anilines is 3. The third-order valence-corrected chi connectivity index (χ3v) is 3.68. The molecule has 21 heavy (non-hydrogen) atoms. The van der Waals surface area contributed by atoms with E-state index in [1.165, 1.54) is 12.1 Å². The minimum Gasteiger partial charge on any atom is -0.380 e. The zero-order valence-corrected chi connectivity index (χ0v) is 13.3. The molecular weight excluding hydrogens is 388 g/mol. The van der Waals surface area contributed by atoms with Crippen LogP contribution in [0.25, 0.3) is 0 Å². The van der Waals surface area contributed by atoms with Crippen molar-refractivity contribution >= 4 is 45.3 Å². The van der Waals surface area contributed by atoms with Crippen LogP contribution in [0.5, 0.6) is 0 Å². The molecule has 0 radical (unpaired) electrons. The second-order valence-corrected chi connectivity index (χ2v) is 5.40. The standard InChI is InChI=1S/C14H13FIN3O2/c1-2-17-12-4-3-5-13(14(12)19(20)21)18-11-7-6-9(15)8-10(11)16/h3-8,17-18H,2H2,1H3. The molecule has 0 aromatic heterocycles. The summed E-state index contributed by atoms with van der Waals surface area (Å²) in [6.45, 7) is 2.45. The van der Waals surface area contributed by atoms with Crippen LogP contribution in [0, 0.1) is 19.5 Å². The second kappa shape index (κ2) is 6.70. The SMILES string of the molecule is CCNc1cccc(Nc2ccc(F)cc2I)c1[N+](=O)[O-]. The van der Waals surface area contributed by atoms with E-state index in [4.69, 9.17) is 0 Å². The summed E-state index contributed by atoms with van der Waals surface area (Å²) in [4.78, 5) is 10.9. The fraction of sp³-hybridized carbons (Fsp3) is 0.143. The van der Waals surface area contributed by atoms with E-state index in [0.717, 1.165) is 0 Å². The Kier molecular flexibility index (Phi) is 4.94. The van der Waals surface area contributed by atoms with Crippen molar-refractivity contribution in [2.75, 3.05) is 17.2 Å². The van der Waals surface area contributed by atoms with E-state index in [-0.39, 0.29) is 11.5 Å². The summed E-state index contributed by atoms with van der Waals surface area (Å²) in [5, 5.41) is 17.3. The summed E-state index contributed by atoms with van der Waals surface area (Å²) < 4.78 is 13.8. The van der Waals surface area contributed by atoms with E-state index in [1.54, 1.807) is 24.3 Å². The van der Waals surface area contributed by atoms with Gasteiger partial charge in [0, 0.05) is 10.1 Å². The van der Waals surface area contributed by atoms with Crippen LogP contribution in [0.3, 0.4) is 0 Å². The molecule has 0 aliphatic rings. The zero-order valence-electron chi connectivity index (χ0n) is 11.2. The van der Waals surface area contributed by atoms with Gasteiger partial charge < -0.3 is 10.6 Å². The first kappa shape index (κ1) is 15.5. The third-order valence-electron chi connectivity index (χ3n) is 2.79. The molecule has 2 N–H and O–H groups in total. The van der Waals surface area contributed by atoms with E-state index in [2.05, 4.69) is 10.6 Å². The number of nitro benzene ring substituents is 1. The van der Waals surface area contributed by atoms with Gasteiger partial charge in [-0.3, -0.25) is 10.1 Å². The Morgan fingerprint density at radius 1 is 1.24 bits per heavy atom. The average Bonchev–Trinajstić information content (AvgIpc) is 2.42. The third kappa shape index (κ3) is 3.60. The Morgan fingerprint density at radius 3 is 2.57 bits per heavy atom. The lowest BCUT2D eigenvalue weighted by Crippen LogP contribution is -2.04. The molecule has 0 unspecified atom stereocenters. The van der Waals surface area contributed by atoms with Crippen molar-refractivity contribution in [1.82, 2.24) is 0 Å². The Labute approximate surface area is 134 Å². The maximum atomic E-state index is 13.1. The molecule has 2 aromatic rings. The molecule has 0 bridgehead atoms. The van der Waals surface area contributed by atoms with Crippen molar-refractivity contribution in [2.45, 2.75) is 6.92 Å². The van der Waals surface area contributed by atoms with Gasteiger partial charge in [-0.05, 0) is 59.8 Å². The lowest BCUT2D eigenvalue weighted by Gasteiger charge is -2.12. The van der Waals surface area contributed by atoms with Gasteiger partial charge in [-0.15, -0.1) is 0 Å². The monoisotopic (exact) mass is 401 g/mol. The number of nitrogens with one attached hydrogen (secondary N) is 2. The quantitative estimate of drug-likeness (QED) is 0.440. The first-order valence-corrected chi connectivity index (χ1v) is 7.34. The van der Waals surface area contributed by atoms with Crippen LogP contribution in [0.1, 0.15) is 6.92 Å². The Bertz CT molecular complexity index is 679. The summed E-state index contributed by atoms with van der Waals surface area (Å²) in [6, 6.07) is 9.23. The van der Waals surface area contributed by atoms with Crippen molar-refractivity contribution in [2.24, 2.45) is 0 Å². The highest BCUT2D eigenvalue weighted by Crippen LogP contribution is 2.35. The van der Waals surface area contributed by atoms with Gasteiger partial charge in [0.15, 0.2) is 0 Å². The average molecular weight is 401 g/mol. The van der Waals surface area contributed by atoms with E-state index >= 15 is 0 Å². The van der Waals surface area contributed by atoms with Crippen molar-refractivity contribution in [1.29, 1.82) is 0 Å². The van der Waals surface area contributed by atoms with Gasteiger partial charge in [-0.1, -0.05) is 6.07 Å². The van der Waals surface area contributed by atoms with Crippen LogP contribution in [0.15, 0.2) is 36.4 Å². The zero-order chi connectivity index (χ0) is 15.4. The van der Waals surface area contributed by atoms with Crippen molar-refractivity contribution < 1.29 is 9.31 Å². The molecule has 7 heteroatoms. The lowest BCUT2D eigenvalue weighted by molar-refractivity contribution is -0.383. The summed E-state index contributed by atoms with van der Waals surface area (Å²) in [7, 11) is 0. The van der Waals surface area contributed by atoms with Crippen molar-refractivity contribution in [3.8, 4) is 0 Å². The summed E-state index contributed by atoms with van der Waals surface area (Å²) in [5.74, 6) is -0.346. The second-order valence-electron chi connectivity index (χ2n) is 4.24. The maximum absolute atomic E-state index is 13.1. The molecule has 0 aliphatic carbocycles. The molecule has 0 amide bonds. The number of rotatable bonds is 5. The predicted molar refractivity (Wildman–Crippen MR) is 89.7 cm³/mol. The van der Waals surface area contributed by atoms with Crippen LogP contribution in [-0.2, 0) is 0 Å². The summed E-state index contributed by atoms with van der Waals surface area (Å²) in [5.41, 5.74) is 1.40.